The van der Waals surface area contributed by atoms with Crippen LogP contribution in [0.2, 0.25) is 0 Å². The molecule has 0 fully saturated rings. The van der Waals surface area contributed by atoms with Crippen LogP contribution >= 0.6 is 0 Å². The maximum Gasteiger partial charge on any atom is 0.0490 e. The molecule has 0 bridgehead atoms. The molecule has 4 aromatic carbocycles. The van der Waals surface area contributed by atoms with Crippen LogP contribution < -0.4 is 4.90 Å². The average molecular weight is 469 g/mol. The van der Waals surface area contributed by atoms with Crippen LogP contribution in [0.25, 0.3) is 16.7 Å². The SMILES string of the molecule is CC(=N)c1cc(C2=CC=C(C)CC2)cc(-c2ccc(N(c3ccccc3)c3ccccc3C)cc2)c1. The van der Waals surface area contributed by atoms with Crippen LogP contribution in [0.1, 0.15) is 43.4 Å². The van der Waals surface area contributed by atoms with E-state index in [2.05, 4.69) is 128 Å². The molecule has 0 radical (unpaired) electrons. The lowest BCUT2D eigenvalue weighted by Gasteiger charge is -2.27. The molecule has 0 amide bonds. The number of nitrogens with one attached hydrogen (secondary N) is 1. The standard InChI is InChI=1S/C34H32N2/c1-24-13-15-27(16-14-24)30-21-29(26(3)35)22-31(23-30)28-17-19-33(20-18-28)36(32-10-5-4-6-11-32)34-12-8-7-9-25(34)2/h4-13,15,17-23,35H,14,16H2,1-3H3. The number of aryl methyl sites for hydroxylation is 1. The Labute approximate surface area is 214 Å². The van der Waals surface area contributed by atoms with Gasteiger partial charge < -0.3 is 10.3 Å². The van der Waals surface area contributed by atoms with Crippen molar-refractivity contribution in [2.24, 2.45) is 0 Å². The van der Waals surface area contributed by atoms with Crippen molar-refractivity contribution in [1.29, 1.82) is 5.41 Å². The number of anilines is 3. The predicted octanol–water partition coefficient (Wildman–Crippen LogP) is 9.64. The quantitative estimate of drug-likeness (QED) is 0.280. The minimum atomic E-state index is 0.590. The van der Waals surface area contributed by atoms with Crippen LogP contribution in [0.5, 0.6) is 0 Å². The molecule has 178 valence electrons. The van der Waals surface area contributed by atoms with E-state index in [0.29, 0.717) is 5.71 Å². The molecule has 1 aliphatic rings. The summed E-state index contributed by atoms with van der Waals surface area (Å²) in [5.41, 5.74) is 12.5. The van der Waals surface area contributed by atoms with Gasteiger partial charge in [-0.1, -0.05) is 66.3 Å². The molecular formula is C34H32N2. The second-order valence-corrected chi connectivity index (χ2v) is 9.63. The number of nitrogens with zero attached hydrogens (tertiary/aromatic N) is 1. The van der Waals surface area contributed by atoms with Gasteiger partial charge in [-0.2, -0.15) is 0 Å². The predicted molar refractivity (Wildman–Crippen MR) is 155 cm³/mol. The molecule has 2 nitrogen and oxygen atoms in total. The van der Waals surface area contributed by atoms with Crippen molar-refractivity contribution in [3.05, 3.63) is 131 Å². The fraction of sp³-hybridized carbons (Fsp3) is 0.147. The average Bonchev–Trinajstić information content (AvgIpc) is 2.91. The van der Waals surface area contributed by atoms with Crippen molar-refractivity contribution in [2.75, 3.05) is 4.90 Å². The second kappa shape index (κ2) is 10.2. The van der Waals surface area contributed by atoms with Gasteiger partial charge in [-0.05, 0) is 116 Å². The maximum atomic E-state index is 8.30. The van der Waals surface area contributed by atoms with Crippen LogP contribution in [0.3, 0.4) is 0 Å². The highest BCUT2D eigenvalue weighted by Gasteiger charge is 2.15. The summed E-state index contributed by atoms with van der Waals surface area (Å²) in [5, 5.41) is 8.30. The van der Waals surface area contributed by atoms with E-state index >= 15 is 0 Å². The van der Waals surface area contributed by atoms with E-state index in [0.717, 1.165) is 40.9 Å². The van der Waals surface area contributed by atoms with Crippen LogP contribution in [-0.4, -0.2) is 5.71 Å². The molecule has 1 aliphatic carbocycles. The van der Waals surface area contributed by atoms with E-state index in [1.54, 1.807) is 0 Å². The summed E-state index contributed by atoms with van der Waals surface area (Å²) in [6, 6.07) is 34.4. The number of hydrogen-bond acceptors (Lipinski definition) is 2. The Morgan fingerprint density at radius 3 is 2.00 bits per heavy atom. The molecule has 4 aromatic rings. The Morgan fingerprint density at radius 1 is 0.667 bits per heavy atom. The molecule has 1 N–H and O–H groups in total. The zero-order valence-corrected chi connectivity index (χ0v) is 21.3. The molecule has 0 spiro atoms. The summed E-state index contributed by atoms with van der Waals surface area (Å²) in [7, 11) is 0. The smallest absolute Gasteiger partial charge is 0.0490 e. The first-order valence-electron chi connectivity index (χ1n) is 12.6. The molecule has 2 heteroatoms. The normalized spacial score (nSPS) is 13.1. The van der Waals surface area contributed by atoms with Crippen LogP contribution in [-0.2, 0) is 0 Å². The molecule has 0 unspecified atom stereocenters. The van der Waals surface area contributed by atoms with Crippen molar-refractivity contribution < 1.29 is 0 Å². The molecule has 0 aliphatic heterocycles. The number of hydrogen-bond donors (Lipinski definition) is 1. The summed E-state index contributed by atoms with van der Waals surface area (Å²) in [5.74, 6) is 0. The molecule has 5 rings (SSSR count). The zero-order valence-electron chi connectivity index (χ0n) is 21.3. The number of benzene rings is 4. The molecule has 0 aromatic heterocycles. The number of allylic oxidation sites excluding steroid dienone is 4. The van der Waals surface area contributed by atoms with Crippen molar-refractivity contribution in [2.45, 2.75) is 33.6 Å². The third-order valence-electron chi connectivity index (χ3n) is 6.92. The Morgan fingerprint density at radius 2 is 1.33 bits per heavy atom. The van der Waals surface area contributed by atoms with Gasteiger partial charge in [0.2, 0.25) is 0 Å². The molecule has 0 atom stereocenters. The lowest BCUT2D eigenvalue weighted by molar-refractivity contribution is 0.977. The largest absolute Gasteiger partial charge is 0.310 e. The first-order chi connectivity index (χ1) is 17.5. The van der Waals surface area contributed by atoms with Crippen LogP contribution in [0.15, 0.2) is 115 Å². The van der Waals surface area contributed by atoms with Gasteiger partial charge in [0.15, 0.2) is 0 Å². The molecule has 36 heavy (non-hydrogen) atoms. The third-order valence-corrected chi connectivity index (χ3v) is 6.92. The van der Waals surface area contributed by atoms with Gasteiger partial charge in [0.05, 0.1) is 0 Å². The van der Waals surface area contributed by atoms with Gasteiger partial charge in [-0.15, -0.1) is 0 Å². The van der Waals surface area contributed by atoms with Crippen molar-refractivity contribution in [3.8, 4) is 11.1 Å². The fourth-order valence-corrected chi connectivity index (χ4v) is 4.80. The third kappa shape index (κ3) is 4.94. The molecule has 0 saturated heterocycles. The van der Waals surface area contributed by atoms with E-state index in [1.807, 2.05) is 6.92 Å². The van der Waals surface area contributed by atoms with E-state index in [1.165, 1.54) is 28.0 Å². The molecular weight excluding hydrogens is 436 g/mol. The summed E-state index contributed by atoms with van der Waals surface area (Å²) in [4.78, 5) is 2.31. The monoisotopic (exact) mass is 468 g/mol. The highest BCUT2D eigenvalue weighted by molar-refractivity contribution is 5.98. The first-order valence-corrected chi connectivity index (χ1v) is 12.6. The molecule has 0 heterocycles. The Kier molecular flexibility index (Phi) is 6.69. The highest BCUT2D eigenvalue weighted by Crippen LogP contribution is 2.38. The Balaban J connectivity index is 1.56. The van der Waals surface area contributed by atoms with E-state index < -0.39 is 0 Å². The zero-order chi connectivity index (χ0) is 25.1. The number of rotatable bonds is 6. The first kappa shape index (κ1) is 23.6. The second-order valence-electron chi connectivity index (χ2n) is 9.63. The van der Waals surface area contributed by atoms with Crippen molar-refractivity contribution in [1.82, 2.24) is 0 Å². The van der Waals surface area contributed by atoms with E-state index in [-0.39, 0.29) is 0 Å². The Hall–Kier alpha value is -4.17. The minimum Gasteiger partial charge on any atom is -0.310 e. The van der Waals surface area contributed by atoms with Crippen LogP contribution in [0, 0.1) is 12.3 Å². The lowest BCUT2D eigenvalue weighted by atomic mass is 9.90. The van der Waals surface area contributed by atoms with Gasteiger partial charge in [0.25, 0.3) is 0 Å². The summed E-state index contributed by atoms with van der Waals surface area (Å²) in [6.07, 6.45) is 6.60. The van der Waals surface area contributed by atoms with Gasteiger partial charge in [-0.25, -0.2) is 0 Å². The van der Waals surface area contributed by atoms with Gasteiger partial charge >= 0.3 is 0 Å². The highest BCUT2D eigenvalue weighted by atomic mass is 15.1. The topological polar surface area (TPSA) is 27.1 Å². The van der Waals surface area contributed by atoms with Crippen molar-refractivity contribution in [3.63, 3.8) is 0 Å². The Bertz CT molecular complexity index is 1460. The minimum absolute atomic E-state index is 0.590. The molecule has 0 saturated carbocycles. The van der Waals surface area contributed by atoms with E-state index in [4.69, 9.17) is 5.41 Å². The van der Waals surface area contributed by atoms with E-state index in [9.17, 15) is 0 Å². The maximum absolute atomic E-state index is 8.30. The van der Waals surface area contributed by atoms with Crippen LogP contribution in [0.4, 0.5) is 17.1 Å². The van der Waals surface area contributed by atoms with Gasteiger partial charge in [0.1, 0.15) is 0 Å². The van der Waals surface area contributed by atoms with Gasteiger partial charge in [-0.3, -0.25) is 0 Å². The fourth-order valence-electron chi connectivity index (χ4n) is 4.80. The summed E-state index contributed by atoms with van der Waals surface area (Å²) >= 11 is 0. The van der Waals surface area contributed by atoms with Gasteiger partial charge in [0, 0.05) is 22.8 Å². The summed E-state index contributed by atoms with van der Waals surface area (Å²) in [6.45, 7) is 6.21. The van der Waals surface area contributed by atoms with Crippen molar-refractivity contribution >= 4 is 28.3 Å². The number of para-hydroxylation sites is 2. The lowest BCUT2D eigenvalue weighted by Crippen LogP contribution is -2.11. The summed E-state index contributed by atoms with van der Waals surface area (Å²) < 4.78 is 0.